The maximum Gasteiger partial charge on any atom is 0.243 e. The van der Waals surface area contributed by atoms with Crippen molar-refractivity contribution in [2.45, 2.75) is 37.3 Å². The molecule has 1 saturated carbocycles. The van der Waals surface area contributed by atoms with Gasteiger partial charge in [0.25, 0.3) is 0 Å². The first-order valence-corrected chi connectivity index (χ1v) is 7.59. The van der Waals surface area contributed by atoms with Crippen molar-refractivity contribution in [1.29, 1.82) is 0 Å². The molecular formula is C13H19NO3S. The summed E-state index contributed by atoms with van der Waals surface area (Å²) in [5, 5.41) is 9.24. The van der Waals surface area contributed by atoms with Gasteiger partial charge in [-0.15, -0.1) is 0 Å². The van der Waals surface area contributed by atoms with Gasteiger partial charge in [0.2, 0.25) is 10.0 Å². The van der Waals surface area contributed by atoms with Crippen molar-refractivity contribution >= 4 is 10.0 Å². The number of benzene rings is 1. The summed E-state index contributed by atoms with van der Waals surface area (Å²) in [6.07, 6.45) is 2.20. The molecule has 1 atom stereocenters. The number of hydrogen-bond acceptors (Lipinski definition) is 3. The molecule has 1 aliphatic rings. The monoisotopic (exact) mass is 269 g/mol. The maximum absolute atomic E-state index is 12.5. The fraction of sp³-hybridized carbons (Fsp3) is 0.538. The summed E-state index contributed by atoms with van der Waals surface area (Å²) in [5.41, 5.74) is 0.451. The van der Waals surface area contributed by atoms with Crippen LogP contribution in [0.4, 0.5) is 0 Å². The van der Waals surface area contributed by atoms with Gasteiger partial charge in [0, 0.05) is 13.1 Å². The third-order valence-corrected chi connectivity index (χ3v) is 5.72. The van der Waals surface area contributed by atoms with Crippen molar-refractivity contribution in [3.05, 3.63) is 29.8 Å². The Labute approximate surface area is 108 Å². The van der Waals surface area contributed by atoms with E-state index in [1.165, 1.54) is 4.31 Å². The lowest BCUT2D eigenvalue weighted by Crippen LogP contribution is -2.36. The van der Waals surface area contributed by atoms with Gasteiger partial charge in [-0.25, -0.2) is 8.42 Å². The van der Waals surface area contributed by atoms with Crippen LogP contribution < -0.4 is 0 Å². The molecule has 1 unspecified atom stereocenters. The summed E-state index contributed by atoms with van der Waals surface area (Å²) in [6.45, 7) is 1.68. The molecule has 2 rings (SSSR count). The number of hydrogen-bond donors (Lipinski definition) is 1. The van der Waals surface area contributed by atoms with Crippen LogP contribution in [-0.2, 0) is 16.6 Å². The van der Waals surface area contributed by atoms with Gasteiger partial charge in [0.1, 0.15) is 0 Å². The lowest BCUT2D eigenvalue weighted by molar-refractivity contribution is 0.277. The molecule has 0 aliphatic heterocycles. The Morgan fingerprint density at radius 2 is 2.00 bits per heavy atom. The zero-order valence-electron chi connectivity index (χ0n) is 10.7. The number of sulfonamides is 1. The molecule has 1 N–H and O–H groups in total. The van der Waals surface area contributed by atoms with Gasteiger partial charge in [-0.05, 0) is 37.3 Å². The summed E-state index contributed by atoms with van der Waals surface area (Å²) in [4.78, 5) is 0.211. The molecule has 0 saturated heterocycles. The zero-order chi connectivity index (χ0) is 13.3. The molecular weight excluding hydrogens is 250 g/mol. The first kappa shape index (κ1) is 13.5. The van der Waals surface area contributed by atoms with Crippen LogP contribution in [0.25, 0.3) is 0 Å². The van der Waals surface area contributed by atoms with E-state index in [9.17, 15) is 13.5 Å². The average molecular weight is 269 g/mol. The second-order valence-electron chi connectivity index (χ2n) is 4.87. The van der Waals surface area contributed by atoms with Crippen LogP contribution >= 0.6 is 0 Å². The normalized spacial score (nSPS) is 18.0. The van der Waals surface area contributed by atoms with E-state index in [1.807, 2.05) is 6.92 Å². The summed E-state index contributed by atoms with van der Waals surface area (Å²) in [6, 6.07) is 6.62. The minimum atomic E-state index is -3.51. The fourth-order valence-corrected chi connectivity index (χ4v) is 3.77. The topological polar surface area (TPSA) is 57.6 Å². The zero-order valence-corrected chi connectivity index (χ0v) is 11.5. The third-order valence-electron chi connectivity index (χ3n) is 3.68. The Morgan fingerprint density at radius 1 is 1.39 bits per heavy atom. The summed E-state index contributed by atoms with van der Waals surface area (Å²) >= 11 is 0. The third kappa shape index (κ3) is 2.43. The van der Waals surface area contributed by atoms with E-state index >= 15 is 0 Å². The van der Waals surface area contributed by atoms with Crippen molar-refractivity contribution in [3.63, 3.8) is 0 Å². The minimum absolute atomic E-state index is 0.0155. The van der Waals surface area contributed by atoms with Gasteiger partial charge in [-0.2, -0.15) is 4.31 Å². The van der Waals surface area contributed by atoms with Crippen molar-refractivity contribution < 1.29 is 13.5 Å². The van der Waals surface area contributed by atoms with Gasteiger partial charge >= 0.3 is 0 Å². The molecule has 0 radical (unpaired) electrons. The highest BCUT2D eigenvalue weighted by Gasteiger charge is 2.36. The molecule has 18 heavy (non-hydrogen) atoms. The fourth-order valence-electron chi connectivity index (χ4n) is 2.14. The Kier molecular flexibility index (Phi) is 3.75. The molecule has 4 nitrogen and oxygen atoms in total. The Morgan fingerprint density at radius 3 is 2.56 bits per heavy atom. The van der Waals surface area contributed by atoms with Crippen molar-refractivity contribution in [3.8, 4) is 0 Å². The molecule has 0 amide bonds. The Balaban J connectivity index is 2.34. The molecule has 1 aromatic rings. The van der Waals surface area contributed by atoms with E-state index in [0.29, 0.717) is 11.5 Å². The Bertz CT molecular complexity index is 523. The number of rotatable bonds is 5. The molecule has 0 aromatic heterocycles. The van der Waals surface area contributed by atoms with Gasteiger partial charge in [0.15, 0.2) is 0 Å². The van der Waals surface area contributed by atoms with Crippen LogP contribution in [0.1, 0.15) is 25.3 Å². The molecule has 0 bridgehead atoms. The molecule has 1 aliphatic carbocycles. The van der Waals surface area contributed by atoms with Crippen molar-refractivity contribution in [2.75, 3.05) is 7.05 Å². The van der Waals surface area contributed by atoms with Crippen LogP contribution in [0.15, 0.2) is 29.2 Å². The minimum Gasteiger partial charge on any atom is -0.392 e. The van der Waals surface area contributed by atoms with E-state index in [0.717, 1.165) is 12.8 Å². The molecule has 0 heterocycles. The SMILES string of the molecule is CC(C1CC1)N(C)S(=O)(=O)c1ccccc1CO. The standard InChI is InChI=1S/C13H19NO3S/c1-10(11-7-8-11)14(2)18(16,17)13-6-4-3-5-12(13)9-15/h3-6,10-11,15H,7-9H2,1-2H3. The van der Waals surface area contributed by atoms with E-state index < -0.39 is 10.0 Å². The highest BCUT2D eigenvalue weighted by molar-refractivity contribution is 7.89. The van der Waals surface area contributed by atoms with Crippen LogP contribution in [0, 0.1) is 5.92 Å². The van der Waals surface area contributed by atoms with E-state index in [-0.39, 0.29) is 17.5 Å². The van der Waals surface area contributed by atoms with Crippen molar-refractivity contribution in [2.24, 2.45) is 5.92 Å². The largest absolute Gasteiger partial charge is 0.392 e. The summed E-state index contributed by atoms with van der Waals surface area (Å²) in [5.74, 6) is 0.478. The molecule has 1 aromatic carbocycles. The number of aliphatic hydroxyl groups excluding tert-OH is 1. The highest BCUT2D eigenvalue weighted by Crippen LogP contribution is 2.36. The van der Waals surface area contributed by atoms with Crippen LogP contribution in [0.5, 0.6) is 0 Å². The van der Waals surface area contributed by atoms with Gasteiger partial charge in [0.05, 0.1) is 11.5 Å². The van der Waals surface area contributed by atoms with Gasteiger partial charge in [-0.3, -0.25) is 0 Å². The highest BCUT2D eigenvalue weighted by atomic mass is 32.2. The quantitative estimate of drug-likeness (QED) is 0.883. The van der Waals surface area contributed by atoms with E-state index in [1.54, 1.807) is 31.3 Å². The van der Waals surface area contributed by atoms with E-state index in [2.05, 4.69) is 0 Å². The maximum atomic E-state index is 12.5. The summed E-state index contributed by atoms with van der Waals surface area (Å²) < 4.78 is 26.4. The lowest BCUT2D eigenvalue weighted by atomic mass is 10.2. The first-order valence-electron chi connectivity index (χ1n) is 6.15. The van der Waals surface area contributed by atoms with E-state index in [4.69, 9.17) is 0 Å². The van der Waals surface area contributed by atoms with Crippen LogP contribution in [-0.4, -0.2) is 30.9 Å². The first-order chi connectivity index (χ1) is 8.48. The second kappa shape index (κ2) is 4.99. The second-order valence-corrected chi connectivity index (χ2v) is 6.83. The van der Waals surface area contributed by atoms with Crippen LogP contribution in [0.2, 0.25) is 0 Å². The Hall–Kier alpha value is -0.910. The molecule has 0 spiro atoms. The number of aliphatic hydroxyl groups is 1. The predicted molar refractivity (Wildman–Crippen MR) is 69.5 cm³/mol. The van der Waals surface area contributed by atoms with Crippen LogP contribution in [0.3, 0.4) is 0 Å². The molecule has 5 heteroatoms. The van der Waals surface area contributed by atoms with Crippen molar-refractivity contribution in [1.82, 2.24) is 4.31 Å². The number of nitrogens with zero attached hydrogens (tertiary/aromatic N) is 1. The summed E-state index contributed by atoms with van der Waals surface area (Å²) in [7, 11) is -1.90. The average Bonchev–Trinajstić information content (AvgIpc) is 3.21. The van der Waals surface area contributed by atoms with Gasteiger partial charge < -0.3 is 5.11 Å². The van der Waals surface area contributed by atoms with Gasteiger partial charge in [-0.1, -0.05) is 18.2 Å². The molecule has 100 valence electrons. The lowest BCUT2D eigenvalue weighted by Gasteiger charge is -2.25. The predicted octanol–water partition coefficient (Wildman–Crippen LogP) is 1.60. The molecule has 1 fully saturated rings. The smallest absolute Gasteiger partial charge is 0.243 e.